The SMILES string of the molecule is CSc1ccc(-c2ncnc3[nH]c4cc(C5CCN(C6CC(c7ccc([C@@H]8CCC(=O)NC8=O)cc7)C6)C5)ccc4c23)cc1C. The largest absolute Gasteiger partial charge is 0.339 e. The van der Waals surface area contributed by atoms with E-state index in [9.17, 15) is 9.59 Å². The predicted octanol–water partition coefficient (Wildman–Crippen LogP) is 7.06. The lowest BCUT2D eigenvalue weighted by atomic mass is 9.74. The molecule has 2 N–H and O–H groups in total. The first-order valence-corrected chi connectivity index (χ1v) is 17.3. The summed E-state index contributed by atoms with van der Waals surface area (Å²) in [5, 5.41) is 4.75. The minimum atomic E-state index is -0.215. The molecule has 3 fully saturated rings. The van der Waals surface area contributed by atoms with Crippen LogP contribution in [-0.2, 0) is 9.59 Å². The van der Waals surface area contributed by atoms with Gasteiger partial charge in [0.1, 0.15) is 12.0 Å². The van der Waals surface area contributed by atoms with Crippen LogP contribution in [-0.4, -0.2) is 57.1 Å². The molecule has 1 aliphatic carbocycles. The first kappa shape index (κ1) is 28.5. The predicted molar refractivity (Wildman–Crippen MR) is 180 cm³/mol. The number of aryl methyl sites for hydroxylation is 1. The lowest BCUT2D eigenvalue weighted by Crippen LogP contribution is -2.42. The van der Waals surface area contributed by atoms with Gasteiger partial charge in [0.05, 0.1) is 17.0 Å². The van der Waals surface area contributed by atoms with E-state index in [1.54, 1.807) is 18.1 Å². The quantitative estimate of drug-likeness (QED) is 0.157. The highest BCUT2D eigenvalue weighted by Crippen LogP contribution is 2.43. The van der Waals surface area contributed by atoms with Gasteiger partial charge in [0.25, 0.3) is 0 Å². The van der Waals surface area contributed by atoms with Crippen molar-refractivity contribution < 1.29 is 9.59 Å². The van der Waals surface area contributed by atoms with Crippen molar-refractivity contribution in [1.82, 2.24) is 25.2 Å². The molecule has 8 heteroatoms. The van der Waals surface area contributed by atoms with Crippen LogP contribution in [0.4, 0.5) is 0 Å². The van der Waals surface area contributed by atoms with Crippen LogP contribution < -0.4 is 5.32 Å². The second kappa shape index (κ2) is 11.4. The standard InChI is InChI=1S/C37H37N5O2S/c1-21-15-25(8-11-32(21)45-2)35-34-30-9-7-24(18-31(30)40-36(34)39-20-38-35)26-13-14-42(19-26)28-16-27(17-28)22-3-5-23(6-4-22)29-10-12-33(43)41-37(29)44/h3-9,11,15,18,20,26-29H,10,12-14,16-17,19H2,1-2H3,(H,38,39,40)(H,41,43,44)/t26?,27?,28?,29-/m0/s1. The van der Waals surface area contributed by atoms with Crippen LogP contribution in [0.25, 0.3) is 33.2 Å². The third-order valence-corrected chi connectivity index (χ3v) is 11.3. The van der Waals surface area contributed by atoms with Crippen LogP contribution in [0.15, 0.2) is 71.9 Å². The van der Waals surface area contributed by atoms with Crippen LogP contribution in [0, 0.1) is 6.92 Å². The average molecular weight is 616 g/mol. The van der Waals surface area contributed by atoms with E-state index in [0.29, 0.717) is 30.7 Å². The Morgan fingerprint density at radius 1 is 0.889 bits per heavy atom. The van der Waals surface area contributed by atoms with Crippen molar-refractivity contribution in [3.05, 3.63) is 89.2 Å². The van der Waals surface area contributed by atoms with Gasteiger partial charge in [0.15, 0.2) is 0 Å². The second-order valence-electron chi connectivity index (χ2n) is 13.0. The molecule has 2 aliphatic heterocycles. The Bertz CT molecular complexity index is 1940. The molecule has 5 aromatic rings. The average Bonchev–Trinajstić information content (AvgIpc) is 3.65. The third-order valence-electron chi connectivity index (χ3n) is 10.5. The Labute approximate surface area is 267 Å². The van der Waals surface area contributed by atoms with Crippen molar-refractivity contribution in [2.24, 2.45) is 0 Å². The highest BCUT2D eigenvalue weighted by Gasteiger charge is 2.38. The number of piperidine rings is 1. The Morgan fingerprint density at radius 2 is 1.69 bits per heavy atom. The molecule has 2 saturated heterocycles. The van der Waals surface area contributed by atoms with Gasteiger partial charge in [-0.25, -0.2) is 9.97 Å². The van der Waals surface area contributed by atoms with Gasteiger partial charge in [-0.15, -0.1) is 11.8 Å². The number of carbonyl (C=O) groups is 2. The molecule has 2 amide bonds. The Morgan fingerprint density at radius 3 is 2.47 bits per heavy atom. The van der Waals surface area contributed by atoms with E-state index >= 15 is 0 Å². The van der Waals surface area contributed by atoms with E-state index in [1.807, 2.05) is 0 Å². The Hall–Kier alpha value is -4.01. The van der Waals surface area contributed by atoms with Crippen LogP contribution >= 0.6 is 11.8 Å². The van der Waals surface area contributed by atoms with Gasteiger partial charge < -0.3 is 4.98 Å². The van der Waals surface area contributed by atoms with Gasteiger partial charge in [-0.05, 0) is 97.7 Å². The van der Waals surface area contributed by atoms with Gasteiger partial charge in [-0.1, -0.05) is 42.5 Å². The van der Waals surface area contributed by atoms with E-state index in [-0.39, 0.29) is 17.7 Å². The van der Waals surface area contributed by atoms with Crippen LogP contribution in [0.3, 0.4) is 0 Å². The first-order valence-electron chi connectivity index (χ1n) is 16.0. The third kappa shape index (κ3) is 5.14. The maximum absolute atomic E-state index is 12.3. The number of imide groups is 1. The molecular weight excluding hydrogens is 579 g/mol. The summed E-state index contributed by atoms with van der Waals surface area (Å²) < 4.78 is 0. The van der Waals surface area contributed by atoms with E-state index < -0.39 is 0 Å². The monoisotopic (exact) mass is 615 g/mol. The molecular formula is C37H37N5O2S. The summed E-state index contributed by atoms with van der Waals surface area (Å²) in [4.78, 5) is 40.7. The number of H-pyrrole nitrogens is 1. The molecule has 2 atom stereocenters. The normalized spacial score (nSPS) is 23.9. The number of thioether (sulfide) groups is 1. The summed E-state index contributed by atoms with van der Waals surface area (Å²) in [7, 11) is 0. The number of benzene rings is 3. The molecule has 45 heavy (non-hydrogen) atoms. The maximum Gasteiger partial charge on any atom is 0.234 e. The minimum absolute atomic E-state index is 0.164. The molecule has 3 aliphatic rings. The number of nitrogens with zero attached hydrogens (tertiary/aromatic N) is 3. The molecule has 3 aromatic carbocycles. The number of amides is 2. The highest BCUT2D eigenvalue weighted by atomic mass is 32.2. The van der Waals surface area contributed by atoms with E-state index in [2.05, 4.69) is 94.0 Å². The lowest BCUT2D eigenvalue weighted by Gasteiger charge is -2.42. The molecule has 4 heterocycles. The van der Waals surface area contributed by atoms with Gasteiger partial charge in [0, 0.05) is 40.4 Å². The van der Waals surface area contributed by atoms with Crippen LogP contribution in [0.1, 0.15) is 72.1 Å². The minimum Gasteiger partial charge on any atom is -0.339 e. The van der Waals surface area contributed by atoms with Crippen molar-refractivity contribution in [3.63, 3.8) is 0 Å². The van der Waals surface area contributed by atoms with Gasteiger partial charge >= 0.3 is 0 Å². The molecule has 7 nitrogen and oxygen atoms in total. The summed E-state index contributed by atoms with van der Waals surface area (Å²) in [6, 6.07) is 22.7. The zero-order chi connectivity index (χ0) is 30.7. The summed E-state index contributed by atoms with van der Waals surface area (Å²) in [5.74, 6) is 0.555. The van der Waals surface area contributed by atoms with E-state index in [0.717, 1.165) is 46.5 Å². The maximum atomic E-state index is 12.3. The number of carbonyl (C=O) groups excluding carboxylic acids is 2. The summed E-state index contributed by atoms with van der Waals surface area (Å²) in [5.41, 5.74) is 9.15. The summed E-state index contributed by atoms with van der Waals surface area (Å²) in [6.07, 6.45) is 8.34. The topological polar surface area (TPSA) is 91.0 Å². The number of hydrogen-bond acceptors (Lipinski definition) is 6. The summed E-state index contributed by atoms with van der Waals surface area (Å²) in [6.45, 7) is 4.40. The molecule has 0 bridgehead atoms. The zero-order valence-electron chi connectivity index (χ0n) is 25.7. The fourth-order valence-electron chi connectivity index (χ4n) is 7.81. The molecule has 0 radical (unpaired) electrons. The number of aromatic nitrogens is 3. The molecule has 0 spiro atoms. The fraction of sp³-hybridized carbons (Fsp3) is 0.351. The van der Waals surface area contributed by atoms with Crippen molar-refractivity contribution in [1.29, 1.82) is 0 Å². The number of nitrogens with one attached hydrogen (secondary N) is 2. The highest BCUT2D eigenvalue weighted by molar-refractivity contribution is 7.98. The second-order valence-corrected chi connectivity index (χ2v) is 13.9. The Kier molecular flexibility index (Phi) is 7.22. The fourth-order valence-corrected chi connectivity index (χ4v) is 8.39. The van der Waals surface area contributed by atoms with Gasteiger partial charge in [0.2, 0.25) is 11.8 Å². The molecule has 8 rings (SSSR count). The van der Waals surface area contributed by atoms with Crippen LogP contribution in [0.2, 0.25) is 0 Å². The van der Waals surface area contributed by atoms with Crippen molar-refractivity contribution in [2.75, 3.05) is 19.3 Å². The van der Waals surface area contributed by atoms with Crippen molar-refractivity contribution in [3.8, 4) is 11.3 Å². The zero-order valence-corrected chi connectivity index (χ0v) is 26.5. The number of fused-ring (bicyclic) bond motifs is 3. The lowest BCUT2D eigenvalue weighted by molar-refractivity contribution is -0.134. The number of aromatic amines is 1. The van der Waals surface area contributed by atoms with Crippen LogP contribution in [0.5, 0.6) is 0 Å². The van der Waals surface area contributed by atoms with Gasteiger partial charge in [-0.2, -0.15) is 0 Å². The van der Waals surface area contributed by atoms with Crippen molar-refractivity contribution in [2.45, 2.75) is 67.7 Å². The molecule has 228 valence electrons. The summed E-state index contributed by atoms with van der Waals surface area (Å²) >= 11 is 1.77. The number of likely N-dealkylation sites (tertiary alicyclic amines) is 1. The molecule has 1 saturated carbocycles. The van der Waals surface area contributed by atoms with E-state index in [1.165, 1.54) is 46.2 Å². The van der Waals surface area contributed by atoms with Crippen molar-refractivity contribution >= 4 is 45.5 Å². The number of hydrogen-bond donors (Lipinski definition) is 2. The Balaban J connectivity index is 0.940. The molecule has 1 unspecified atom stereocenters. The number of rotatable bonds is 6. The molecule has 2 aromatic heterocycles. The first-order chi connectivity index (χ1) is 21.9. The smallest absolute Gasteiger partial charge is 0.234 e. The van der Waals surface area contributed by atoms with Gasteiger partial charge in [-0.3, -0.25) is 19.8 Å². The van der Waals surface area contributed by atoms with E-state index in [4.69, 9.17) is 4.98 Å².